The molecule has 36 nitrogen and oxygen atoms in total. The van der Waals surface area contributed by atoms with Crippen molar-refractivity contribution < 1.29 is 102 Å². The minimum Gasteiger partial charge on any atom is -0.0594 e. The number of aliphatic carboxylic acids is 2. The Morgan fingerprint density at radius 3 is 1.55 bits per heavy atom. The van der Waals surface area contributed by atoms with Gasteiger partial charge in [0, 0.05) is 68.2 Å². The van der Waals surface area contributed by atoms with E-state index in [2.05, 4.69) is 52.5 Å². The van der Waals surface area contributed by atoms with Crippen LogP contribution < -0.4 is 42.5 Å². The molecule has 9 rings (SSSR count). The van der Waals surface area contributed by atoms with Crippen molar-refractivity contribution in [1.29, 1.82) is 10.5 Å². The first-order chi connectivity index (χ1) is 52.5. The van der Waals surface area contributed by atoms with E-state index in [4.69, 9.17) is 7.06 Å². The zero-order chi connectivity index (χ0) is 79.7. The molecule has 2 unspecified atom stereocenters. The number of hydrogen-bond donors (Lipinski definition) is 10. The Hall–Kier alpha value is -11.0. The molecular weight excluding hydrogens is 1510 g/mol. The Kier molecular flexibility index (Phi) is 31.1. The quantitative estimate of drug-likeness (QED) is 0.0165. The Bertz CT molecular complexity index is 4180. The summed E-state index contributed by atoms with van der Waals surface area (Å²) >= 11 is -2.40. The van der Waals surface area contributed by atoms with Crippen LogP contribution in [0.5, 0.6) is 0 Å². The third-order valence-electron chi connectivity index (χ3n) is 18.3. The molecule has 1 radical (unpaired) electrons. The van der Waals surface area contributed by atoms with Crippen molar-refractivity contribution in [2.75, 3.05) is 128 Å². The van der Waals surface area contributed by atoms with Crippen LogP contribution in [-0.4, -0.2) is 304 Å². The van der Waals surface area contributed by atoms with E-state index in [9.17, 15) is 105 Å². The molecule has 110 heavy (non-hydrogen) atoms. The SMILES string of the molecule is N#C[C@@H]1CC(F)(F)CN1C(=O)CNC(=O)c1ccnc2c(NC(=O)CCC(=O)NCCCCC(NC(=O)CCC(=O)Nc3cccc4c(C(=O)NCC(=O)N5CC(F)(F)C[C@H]5C#N)ccnc34)C(=O)NCCNC(=O)CCC3C(=O)[O][68Ga][O]C(=O)CN4CCN(CC(=O)O)CCN3CCN(CC(=O)O)CC4)cccc12. The summed E-state index contributed by atoms with van der Waals surface area (Å²) in [6, 6.07) is 9.84. The fraction of sp³-hybridized carbons (Fsp3) is 0.507. The van der Waals surface area contributed by atoms with E-state index in [0.717, 1.165) is 0 Å². The second-order valence-electron chi connectivity index (χ2n) is 26.4. The smallest absolute Gasteiger partial charge is 0.0151 e. The molecule has 2 bridgehead atoms. The van der Waals surface area contributed by atoms with Gasteiger partial charge in [-0.3, -0.25) is 48.3 Å². The molecule has 5 aliphatic heterocycles. The maximum atomic E-state index is 14.0. The molecule has 4 atom stereocenters. The molecule has 2 aromatic carbocycles. The number of carbonyl (C=O) groups excluding carboxylic acids is 12. The fourth-order valence-electron chi connectivity index (χ4n) is 12.7. The normalized spacial score (nSPS) is 19.7. The van der Waals surface area contributed by atoms with Gasteiger partial charge in [0.05, 0.1) is 71.9 Å². The molecule has 0 aliphatic carbocycles. The first-order valence-electron chi connectivity index (χ1n) is 35.2. The molecule has 5 aliphatic rings. The largest absolute Gasteiger partial charge is 0.0594 e. The first kappa shape index (κ1) is 84.6. The molecular formula is C69H82F4GaN18O18. The van der Waals surface area contributed by atoms with Gasteiger partial charge in [0.15, 0.2) is 0 Å². The molecule has 4 aromatic rings. The number of rotatable bonds is 31. The zero-order valence-corrected chi connectivity index (χ0v) is 62.0. The monoisotopic (exact) mass is 1590 g/mol. The number of para-hydroxylation sites is 2. The van der Waals surface area contributed by atoms with Crippen LogP contribution in [0.2, 0.25) is 0 Å². The summed E-state index contributed by atoms with van der Waals surface area (Å²) in [5.41, 5.74) is 0.585. The average Bonchev–Trinajstić information content (AvgIpc) is 0.934. The van der Waals surface area contributed by atoms with Crippen molar-refractivity contribution in [3.63, 3.8) is 0 Å². The first-order valence-corrected chi connectivity index (χ1v) is 37.2. The summed E-state index contributed by atoms with van der Waals surface area (Å²) < 4.78 is 66.9. The molecule has 5 saturated heterocycles. The Morgan fingerprint density at radius 1 is 0.573 bits per heavy atom. The number of aromatic nitrogens is 2. The third-order valence-corrected chi connectivity index (χ3v) is 19.7. The van der Waals surface area contributed by atoms with Crippen LogP contribution in [0.25, 0.3) is 21.8 Å². The molecule has 41 heteroatoms. The number of carboxylic acids is 2. The van der Waals surface area contributed by atoms with E-state index in [1.165, 1.54) is 60.9 Å². The van der Waals surface area contributed by atoms with Gasteiger partial charge in [-0.15, -0.1) is 0 Å². The van der Waals surface area contributed by atoms with Crippen LogP contribution in [0.1, 0.15) is 91.3 Å². The predicted octanol–water partition coefficient (Wildman–Crippen LogP) is -0.923. The van der Waals surface area contributed by atoms with Crippen molar-refractivity contribution in [3.8, 4) is 12.1 Å². The van der Waals surface area contributed by atoms with E-state index in [0.29, 0.717) is 9.80 Å². The number of anilines is 2. The summed E-state index contributed by atoms with van der Waals surface area (Å²) in [5, 5.41) is 59.3. The predicted molar refractivity (Wildman–Crippen MR) is 377 cm³/mol. The van der Waals surface area contributed by atoms with Gasteiger partial charge in [-0.25, -0.2) is 17.6 Å². The molecule has 10 N–H and O–H groups in total. The molecule has 7 heterocycles. The van der Waals surface area contributed by atoms with Crippen molar-refractivity contribution in [1.82, 2.24) is 71.3 Å². The van der Waals surface area contributed by atoms with Crippen molar-refractivity contribution in [2.24, 2.45) is 0 Å². The van der Waals surface area contributed by atoms with Gasteiger partial charge in [-0.05, 0) is 43.5 Å². The molecule has 587 valence electrons. The number of nitriles is 2. The van der Waals surface area contributed by atoms with Gasteiger partial charge in [0.1, 0.15) is 12.1 Å². The minimum absolute atomic E-state index is 0.00598. The number of nitrogens with one attached hydrogen (secondary N) is 8. The van der Waals surface area contributed by atoms with Crippen LogP contribution in [0.4, 0.5) is 28.9 Å². The number of carbonyl (C=O) groups is 14. The van der Waals surface area contributed by atoms with Crippen LogP contribution in [0.15, 0.2) is 60.9 Å². The third kappa shape index (κ3) is 25.6. The molecule has 5 fully saturated rings. The number of carboxylic acid groups (broad SMARTS) is 2. The Labute approximate surface area is 634 Å². The number of fused-ring (bicyclic) bond motifs is 16. The number of amides is 10. The van der Waals surface area contributed by atoms with Gasteiger partial charge >= 0.3 is 240 Å². The molecule has 0 saturated carbocycles. The summed E-state index contributed by atoms with van der Waals surface area (Å²) in [4.78, 5) is 200. The minimum atomic E-state index is -3.28. The zero-order valence-electron chi connectivity index (χ0n) is 59.6. The Morgan fingerprint density at radius 2 is 1.05 bits per heavy atom. The number of pyridine rings is 2. The molecule has 0 spiro atoms. The van der Waals surface area contributed by atoms with E-state index in [1.807, 2.05) is 0 Å². The standard InChI is InChI=1S/C69H84F4N18O18.Ga/c70-68(71)31-42(33-74)90(40-68)57(97)35-81-64(105)46-16-19-78-62-44(46)5-3-8-48(62)83-54(94)13-12-53(93)76-18-2-1-7-50(85-56(96)15-14-55(95)84-49-9-4-6-45-47(17-20-79-63(45)49)65(106)82-36-58(98)91-41-69(72,73)32-43(91)34-75)66(107)80-22-21-77-52(92)11-10-51(67(108)109)89-29-27-87(38-60(101)102)25-23-86(37-59(99)100)24-26-88(28-30-89)39-61(103)104;/h3-6,8-9,16-17,19-20,42-43,50-51H,1-2,7,10-15,18,21-32,35-41H2,(H,76,93)(H,77,92)(H,80,107)(H,81,105)(H,82,106)(H,83,94)(H,84,95)(H,85,96)(H,99,100)(H,101,102)(H,103,104)(H,108,109);/q;+2/p-2/t42-,43-,50?,51?;/m0./s1/i;1-2. The van der Waals surface area contributed by atoms with Crippen molar-refractivity contribution >= 4 is 134 Å². The van der Waals surface area contributed by atoms with Crippen molar-refractivity contribution in [3.05, 3.63) is 72.1 Å². The van der Waals surface area contributed by atoms with E-state index >= 15 is 0 Å². The fourth-order valence-corrected chi connectivity index (χ4v) is 13.7. The average molecular weight is 1600 g/mol. The van der Waals surface area contributed by atoms with Crippen LogP contribution >= 0.6 is 0 Å². The Balaban J connectivity index is 0.854. The van der Waals surface area contributed by atoms with Gasteiger partial charge in [0.2, 0.25) is 35.4 Å². The van der Waals surface area contributed by atoms with Gasteiger partial charge in [-0.2, -0.15) is 10.5 Å². The van der Waals surface area contributed by atoms with E-state index in [1.54, 1.807) is 31.7 Å². The summed E-state index contributed by atoms with van der Waals surface area (Å²) in [7, 11) is 0. The molecule has 2 aromatic heterocycles. The molecule has 10 amide bonds. The second-order valence-corrected chi connectivity index (χ2v) is 27.8. The van der Waals surface area contributed by atoms with Gasteiger partial charge < -0.3 is 41.7 Å². The summed E-state index contributed by atoms with van der Waals surface area (Å²) in [5.74, 6) is -17.5. The number of likely N-dealkylation sites (tertiary alicyclic amines) is 2. The van der Waals surface area contributed by atoms with E-state index in [-0.39, 0.29) is 181 Å². The summed E-state index contributed by atoms with van der Waals surface area (Å²) in [6.45, 7) is -3.32. The van der Waals surface area contributed by atoms with E-state index < -0.39 is 189 Å². The number of unbranched alkanes of at least 4 members (excludes halogenated alkanes) is 1. The topological polar surface area (TPSA) is 487 Å². The van der Waals surface area contributed by atoms with Gasteiger partial charge in [0.25, 0.3) is 23.7 Å². The number of halogens is 4. The summed E-state index contributed by atoms with van der Waals surface area (Å²) in [6.07, 6.45) is -0.733. The second kappa shape index (κ2) is 40.5. The van der Waals surface area contributed by atoms with Gasteiger partial charge in [-0.1, -0.05) is 24.3 Å². The number of nitrogens with zero attached hydrogens (tertiary/aromatic N) is 10. The number of benzene rings is 2. The van der Waals surface area contributed by atoms with Crippen LogP contribution in [0.3, 0.4) is 0 Å². The number of hydrogen-bond acceptors (Lipinski definition) is 24. The maximum absolute atomic E-state index is 14.0. The number of alkyl halides is 4. The van der Waals surface area contributed by atoms with Crippen LogP contribution in [0, 0.1) is 22.7 Å². The van der Waals surface area contributed by atoms with Crippen molar-refractivity contribution in [2.45, 2.75) is 107 Å². The maximum Gasteiger partial charge on any atom is 0.0151 e. The van der Waals surface area contributed by atoms with Crippen LogP contribution in [-0.2, 0) is 64.6 Å².